The van der Waals surface area contributed by atoms with Gasteiger partial charge in [-0.1, -0.05) is 60.7 Å². The van der Waals surface area contributed by atoms with Crippen LogP contribution in [-0.2, 0) is 16.4 Å². The Bertz CT molecular complexity index is 1580. The molecule has 6 nitrogen and oxygen atoms in total. The normalized spacial score (nSPS) is 14.9. The van der Waals surface area contributed by atoms with Crippen LogP contribution >= 0.6 is 11.3 Å². The largest absolute Gasteiger partial charge is 0.398 e. The van der Waals surface area contributed by atoms with E-state index in [1.54, 1.807) is 12.1 Å². The van der Waals surface area contributed by atoms with Crippen molar-refractivity contribution in [2.75, 3.05) is 0 Å². The van der Waals surface area contributed by atoms with Gasteiger partial charge >= 0.3 is 0 Å². The van der Waals surface area contributed by atoms with Crippen molar-refractivity contribution in [3.63, 3.8) is 0 Å². The van der Waals surface area contributed by atoms with Crippen molar-refractivity contribution in [3.05, 3.63) is 107 Å². The third-order valence-corrected chi connectivity index (χ3v) is 8.12. The van der Waals surface area contributed by atoms with E-state index in [0.29, 0.717) is 23.2 Å². The number of thiazole rings is 1. The third-order valence-electron chi connectivity index (χ3n) is 6.33. The average molecular weight is 529 g/mol. The Hall–Kier alpha value is -3.59. The van der Waals surface area contributed by atoms with Gasteiger partial charge in [0.05, 0.1) is 16.3 Å². The smallest absolute Gasteiger partial charge is 0.238 e. The lowest BCUT2D eigenvalue weighted by atomic mass is 9.92. The maximum absolute atomic E-state index is 11.7. The lowest BCUT2D eigenvalue weighted by Crippen LogP contribution is -2.15. The molecule has 1 fully saturated rings. The van der Waals surface area contributed by atoms with Crippen LogP contribution in [0.15, 0.2) is 99.7 Å². The van der Waals surface area contributed by atoms with Gasteiger partial charge < -0.3 is 5.73 Å². The van der Waals surface area contributed by atoms with E-state index in [0.717, 1.165) is 52.1 Å². The summed E-state index contributed by atoms with van der Waals surface area (Å²) in [5, 5.41) is 8.00. The van der Waals surface area contributed by atoms with Crippen LogP contribution in [0.25, 0.3) is 16.8 Å². The summed E-state index contributed by atoms with van der Waals surface area (Å²) >= 11 is 1.52. The molecular formula is C29H28N4O2S2. The zero-order valence-corrected chi connectivity index (χ0v) is 22.1. The lowest BCUT2D eigenvalue weighted by Gasteiger charge is -2.16. The Morgan fingerprint density at radius 1 is 1.00 bits per heavy atom. The molecule has 0 saturated heterocycles. The number of aliphatic imine (C=N–C) groups is 1. The van der Waals surface area contributed by atoms with Gasteiger partial charge in [0, 0.05) is 29.0 Å². The van der Waals surface area contributed by atoms with Crippen LogP contribution in [0.5, 0.6) is 0 Å². The fraction of sp³-hybridized carbons (Fsp3) is 0.172. The molecule has 0 amide bonds. The van der Waals surface area contributed by atoms with Crippen molar-refractivity contribution in [1.82, 2.24) is 4.98 Å². The van der Waals surface area contributed by atoms with Gasteiger partial charge in [-0.25, -0.2) is 23.5 Å². The third kappa shape index (κ3) is 6.05. The highest BCUT2D eigenvalue weighted by Gasteiger charge is 2.32. The minimum atomic E-state index is -3.76. The van der Waals surface area contributed by atoms with E-state index in [1.807, 2.05) is 42.6 Å². The number of primary sulfonamides is 1. The molecule has 1 aliphatic carbocycles. The maximum atomic E-state index is 11.7. The second-order valence-electron chi connectivity index (χ2n) is 9.25. The minimum absolute atomic E-state index is 0.0830. The molecule has 188 valence electrons. The van der Waals surface area contributed by atoms with Crippen LogP contribution in [0.2, 0.25) is 0 Å². The fourth-order valence-corrected chi connectivity index (χ4v) is 5.45. The molecule has 0 atom stereocenters. The van der Waals surface area contributed by atoms with E-state index in [2.05, 4.69) is 29.2 Å². The van der Waals surface area contributed by atoms with Crippen LogP contribution in [-0.4, -0.2) is 19.1 Å². The molecule has 1 aliphatic rings. The number of hydrogen-bond acceptors (Lipinski definition) is 6. The number of allylic oxidation sites excluding steroid dienone is 1. The summed E-state index contributed by atoms with van der Waals surface area (Å²) in [5.74, 6) is 0.318. The molecular weight excluding hydrogens is 500 g/mol. The molecule has 3 aromatic carbocycles. The molecule has 0 bridgehead atoms. The molecule has 0 unspecified atom stereocenters. The maximum Gasteiger partial charge on any atom is 0.238 e. The highest BCUT2D eigenvalue weighted by molar-refractivity contribution is 7.89. The molecule has 1 saturated carbocycles. The van der Waals surface area contributed by atoms with E-state index in [-0.39, 0.29) is 4.90 Å². The van der Waals surface area contributed by atoms with Gasteiger partial charge in [-0.2, -0.15) is 0 Å². The number of aryl methyl sites for hydroxylation is 1. The number of nitrogens with two attached hydrogens (primary N) is 2. The summed E-state index contributed by atoms with van der Waals surface area (Å²) in [7, 11) is -3.76. The number of sulfonamides is 1. The lowest BCUT2D eigenvalue weighted by molar-refractivity contribution is 0.598. The second kappa shape index (κ2) is 10.4. The SMILES string of the molecule is Cc1csc(N=C(C(Cc2ccc(S(N)(=O)=O)cc2)=C(N)c2cccc(-c3ccccc3)c2)C2CC2)n1. The summed E-state index contributed by atoms with van der Waals surface area (Å²) in [6.07, 6.45) is 2.61. The van der Waals surface area contributed by atoms with E-state index >= 15 is 0 Å². The van der Waals surface area contributed by atoms with Gasteiger partial charge in [-0.15, -0.1) is 11.3 Å². The van der Waals surface area contributed by atoms with Crippen molar-refractivity contribution in [1.29, 1.82) is 0 Å². The Morgan fingerprint density at radius 2 is 1.70 bits per heavy atom. The highest BCUT2D eigenvalue weighted by Crippen LogP contribution is 2.38. The van der Waals surface area contributed by atoms with Crippen molar-refractivity contribution in [2.24, 2.45) is 21.8 Å². The quantitative estimate of drug-likeness (QED) is 0.279. The second-order valence-corrected chi connectivity index (χ2v) is 11.6. The first kappa shape index (κ1) is 25.1. The topological polar surface area (TPSA) is 111 Å². The summed E-state index contributed by atoms with van der Waals surface area (Å²) in [6.45, 7) is 1.96. The van der Waals surface area contributed by atoms with Crippen LogP contribution in [0, 0.1) is 12.8 Å². The summed E-state index contributed by atoms with van der Waals surface area (Å²) in [5.41, 5.74) is 14.4. The van der Waals surface area contributed by atoms with E-state index < -0.39 is 10.0 Å². The van der Waals surface area contributed by atoms with Gasteiger partial charge in [0.25, 0.3) is 0 Å². The summed E-state index contributed by atoms with van der Waals surface area (Å²) in [6, 6.07) is 25.0. The zero-order valence-electron chi connectivity index (χ0n) is 20.5. The standard InChI is InChI=1S/C29H28N4O2S2/c1-19-18-36-29(32-19)33-28(22-12-13-22)26(16-20-10-14-25(15-11-20)37(31,34)35)27(30)24-9-5-8-23(17-24)21-6-3-2-4-7-21/h2-11,14-15,17-18,22H,12-13,16,30H2,1H3,(H2,31,34,35). The molecule has 37 heavy (non-hydrogen) atoms. The number of benzene rings is 3. The van der Waals surface area contributed by atoms with E-state index in [4.69, 9.17) is 15.9 Å². The van der Waals surface area contributed by atoms with Crippen molar-refractivity contribution >= 4 is 37.9 Å². The number of nitrogens with zero attached hydrogens (tertiary/aromatic N) is 2. The van der Waals surface area contributed by atoms with Crippen molar-refractivity contribution < 1.29 is 8.42 Å². The molecule has 1 heterocycles. The number of aromatic nitrogens is 1. The first-order chi connectivity index (χ1) is 17.8. The van der Waals surface area contributed by atoms with Crippen LogP contribution in [0.1, 0.15) is 29.7 Å². The van der Waals surface area contributed by atoms with Gasteiger partial charge in [-0.05, 0) is 60.2 Å². The van der Waals surface area contributed by atoms with Gasteiger partial charge in [0.2, 0.25) is 15.2 Å². The first-order valence-corrected chi connectivity index (χ1v) is 14.5. The monoisotopic (exact) mass is 528 g/mol. The summed E-state index contributed by atoms with van der Waals surface area (Å²) < 4.78 is 23.5. The van der Waals surface area contributed by atoms with E-state index in [9.17, 15) is 8.42 Å². The fourth-order valence-electron chi connectivity index (χ4n) is 4.25. The van der Waals surface area contributed by atoms with E-state index in [1.165, 1.54) is 23.5 Å². The van der Waals surface area contributed by atoms with Crippen molar-refractivity contribution in [2.45, 2.75) is 31.1 Å². The van der Waals surface area contributed by atoms with Gasteiger partial charge in [0.1, 0.15) is 0 Å². The number of rotatable bonds is 8. The Morgan fingerprint density at radius 3 is 2.32 bits per heavy atom. The predicted molar refractivity (Wildman–Crippen MR) is 151 cm³/mol. The number of hydrogen-bond donors (Lipinski definition) is 2. The molecule has 8 heteroatoms. The van der Waals surface area contributed by atoms with Gasteiger partial charge in [-0.3, -0.25) is 0 Å². The minimum Gasteiger partial charge on any atom is -0.398 e. The Labute approximate surface area is 221 Å². The molecule has 0 radical (unpaired) electrons. The first-order valence-electron chi connectivity index (χ1n) is 12.1. The zero-order chi connectivity index (χ0) is 26.0. The molecule has 0 aliphatic heterocycles. The molecule has 5 rings (SSSR count). The van der Waals surface area contributed by atoms with Crippen LogP contribution in [0.4, 0.5) is 5.13 Å². The Balaban J connectivity index is 1.61. The molecule has 4 N–H and O–H groups in total. The van der Waals surface area contributed by atoms with Gasteiger partial charge in [0.15, 0.2) is 0 Å². The van der Waals surface area contributed by atoms with Crippen LogP contribution in [0.3, 0.4) is 0 Å². The predicted octanol–water partition coefficient (Wildman–Crippen LogP) is 5.86. The molecule has 0 spiro atoms. The van der Waals surface area contributed by atoms with Crippen LogP contribution < -0.4 is 10.9 Å². The molecule has 4 aromatic rings. The average Bonchev–Trinajstić information content (AvgIpc) is 3.67. The summed E-state index contributed by atoms with van der Waals surface area (Å²) in [4.78, 5) is 9.64. The Kier molecular flexibility index (Phi) is 7.06. The highest BCUT2D eigenvalue weighted by atomic mass is 32.2. The molecule has 1 aromatic heterocycles. The van der Waals surface area contributed by atoms with Crippen molar-refractivity contribution in [3.8, 4) is 11.1 Å².